The molecule has 0 aliphatic heterocycles. The molecule has 0 fully saturated rings. The Labute approximate surface area is 164 Å². The van der Waals surface area contributed by atoms with Gasteiger partial charge in [0.05, 0.1) is 17.6 Å². The summed E-state index contributed by atoms with van der Waals surface area (Å²) in [7, 11) is 0. The van der Waals surface area contributed by atoms with Crippen LogP contribution >= 0.6 is 27.7 Å². The second kappa shape index (κ2) is 7.51. The average molecular weight is 426 g/mol. The molecule has 0 amide bonds. The standard InChI is InChI=1S/C20H16BrN3OS/c1-13-18(23-19(25-13)15-5-3-2-4-6-15)12-26-20-22-11-17(24-20)14-7-9-16(21)10-8-14/h2-11H,12H2,1H3,(H,22,24). The van der Waals surface area contributed by atoms with Crippen LogP contribution in [0, 0.1) is 6.92 Å². The molecule has 1 N–H and O–H groups in total. The zero-order valence-corrected chi connectivity index (χ0v) is 16.5. The number of nitrogens with one attached hydrogen (secondary N) is 1. The van der Waals surface area contributed by atoms with E-state index in [0.717, 1.165) is 37.9 Å². The maximum absolute atomic E-state index is 5.82. The summed E-state index contributed by atoms with van der Waals surface area (Å²) in [6, 6.07) is 18.1. The lowest BCUT2D eigenvalue weighted by Gasteiger charge is -1.98. The lowest BCUT2D eigenvalue weighted by molar-refractivity contribution is 0.540. The maximum Gasteiger partial charge on any atom is 0.226 e. The smallest absolute Gasteiger partial charge is 0.226 e. The first kappa shape index (κ1) is 17.1. The van der Waals surface area contributed by atoms with E-state index in [1.807, 2.05) is 55.6 Å². The van der Waals surface area contributed by atoms with Crippen LogP contribution in [-0.2, 0) is 5.75 Å². The second-order valence-corrected chi connectivity index (χ2v) is 7.67. The van der Waals surface area contributed by atoms with E-state index in [0.29, 0.717) is 11.6 Å². The van der Waals surface area contributed by atoms with E-state index < -0.39 is 0 Å². The van der Waals surface area contributed by atoms with Crippen molar-refractivity contribution in [3.8, 4) is 22.7 Å². The number of H-pyrrole nitrogens is 1. The van der Waals surface area contributed by atoms with Crippen LogP contribution in [0.15, 0.2) is 74.8 Å². The predicted molar refractivity (Wildman–Crippen MR) is 108 cm³/mol. The van der Waals surface area contributed by atoms with Gasteiger partial charge in [-0.3, -0.25) is 0 Å². The van der Waals surface area contributed by atoms with Crippen LogP contribution in [0.25, 0.3) is 22.7 Å². The Morgan fingerprint density at radius 2 is 1.81 bits per heavy atom. The van der Waals surface area contributed by atoms with Crippen LogP contribution in [0.5, 0.6) is 0 Å². The molecule has 0 bridgehead atoms. The summed E-state index contributed by atoms with van der Waals surface area (Å²) in [5.74, 6) is 2.21. The summed E-state index contributed by atoms with van der Waals surface area (Å²) in [5, 5.41) is 0.867. The van der Waals surface area contributed by atoms with E-state index in [1.165, 1.54) is 0 Å². The number of hydrogen-bond donors (Lipinski definition) is 1. The molecule has 0 radical (unpaired) electrons. The third-order valence-corrected chi connectivity index (χ3v) is 5.39. The Balaban J connectivity index is 1.46. The van der Waals surface area contributed by atoms with Crippen LogP contribution in [0.2, 0.25) is 0 Å². The first-order chi connectivity index (χ1) is 12.7. The molecule has 0 saturated carbocycles. The summed E-state index contributed by atoms with van der Waals surface area (Å²) in [4.78, 5) is 12.5. The van der Waals surface area contributed by atoms with Gasteiger partial charge in [-0.15, -0.1) is 0 Å². The molecule has 2 aromatic heterocycles. The van der Waals surface area contributed by atoms with Crippen molar-refractivity contribution in [3.05, 3.63) is 76.7 Å². The molecule has 2 heterocycles. The maximum atomic E-state index is 5.82. The minimum absolute atomic E-state index is 0.661. The number of aromatic nitrogens is 3. The van der Waals surface area contributed by atoms with Gasteiger partial charge in [0.25, 0.3) is 0 Å². The molecule has 0 spiro atoms. The van der Waals surface area contributed by atoms with Crippen LogP contribution < -0.4 is 0 Å². The highest BCUT2D eigenvalue weighted by Gasteiger charge is 2.12. The fraction of sp³-hybridized carbons (Fsp3) is 0.100. The second-order valence-electron chi connectivity index (χ2n) is 5.79. The van der Waals surface area contributed by atoms with Crippen LogP contribution in [0.4, 0.5) is 0 Å². The quantitative estimate of drug-likeness (QED) is 0.392. The van der Waals surface area contributed by atoms with Gasteiger partial charge in [-0.05, 0) is 36.8 Å². The molecule has 0 atom stereocenters. The van der Waals surface area contributed by atoms with E-state index in [2.05, 4.69) is 43.0 Å². The third kappa shape index (κ3) is 3.76. The molecule has 130 valence electrons. The number of halogens is 1. The van der Waals surface area contributed by atoms with Gasteiger partial charge in [-0.25, -0.2) is 9.97 Å². The van der Waals surface area contributed by atoms with E-state index in [-0.39, 0.29) is 0 Å². The van der Waals surface area contributed by atoms with Gasteiger partial charge in [0.1, 0.15) is 5.76 Å². The first-order valence-corrected chi connectivity index (χ1v) is 9.92. The molecule has 4 rings (SSSR count). The fourth-order valence-corrected chi connectivity index (χ4v) is 3.67. The van der Waals surface area contributed by atoms with Crippen molar-refractivity contribution in [3.63, 3.8) is 0 Å². The minimum atomic E-state index is 0.661. The van der Waals surface area contributed by atoms with E-state index in [9.17, 15) is 0 Å². The van der Waals surface area contributed by atoms with E-state index >= 15 is 0 Å². The summed E-state index contributed by atoms with van der Waals surface area (Å²) in [6.45, 7) is 1.95. The molecule has 2 aromatic carbocycles. The largest absolute Gasteiger partial charge is 0.441 e. The molecule has 0 saturated heterocycles. The monoisotopic (exact) mass is 425 g/mol. The Kier molecular flexibility index (Phi) is 4.95. The Bertz CT molecular complexity index is 1010. The number of rotatable bonds is 5. The SMILES string of the molecule is Cc1oc(-c2ccccc2)nc1CSc1ncc(-c2ccc(Br)cc2)[nH]1. The Hall–Kier alpha value is -2.31. The minimum Gasteiger partial charge on any atom is -0.441 e. The number of thioether (sulfide) groups is 1. The number of aryl methyl sites for hydroxylation is 1. The number of oxazole rings is 1. The Morgan fingerprint density at radius 1 is 1.04 bits per heavy atom. The third-order valence-electron chi connectivity index (χ3n) is 3.97. The van der Waals surface area contributed by atoms with Crippen LogP contribution in [0.3, 0.4) is 0 Å². The van der Waals surface area contributed by atoms with Gasteiger partial charge in [0.15, 0.2) is 5.16 Å². The van der Waals surface area contributed by atoms with Gasteiger partial charge in [-0.1, -0.05) is 58.0 Å². The highest BCUT2D eigenvalue weighted by atomic mass is 79.9. The predicted octanol–water partition coefficient (Wildman–Crippen LogP) is 6.09. The lowest BCUT2D eigenvalue weighted by Crippen LogP contribution is -1.86. The van der Waals surface area contributed by atoms with Gasteiger partial charge in [0.2, 0.25) is 5.89 Å². The molecular weight excluding hydrogens is 410 g/mol. The molecule has 4 nitrogen and oxygen atoms in total. The van der Waals surface area contributed by atoms with Crippen molar-refractivity contribution < 1.29 is 4.42 Å². The molecule has 0 aliphatic rings. The highest BCUT2D eigenvalue weighted by Crippen LogP contribution is 2.28. The summed E-state index contributed by atoms with van der Waals surface area (Å²) in [5.41, 5.74) is 4.04. The van der Waals surface area contributed by atoms with Crippen molar-refractivity contribution in [2.24, 2.45) is 0 Å². The van der Waals surface area contributed by atoms with E-state index in [4.69, 9.17) is 4.42 Å². The highest BCUT2D eigenvalue weighted by molar-refractivity contribution is 9.10. The van der Waals surface area contributed by atoms with Crippen molar-refractivity contribution >= 4 is 27.7 Å². The topological polar surface area (TPSA) is 54.7 Å². The van der Waals surface area contributed by atoms with Crippen molar-refractivity contribution in [1.29, 1.82) is 0 Å². The van der Waals surface area contributed by atoms with Crippen molar-refractivity contribution in [1.82, 2.24) is 15.0 Å². The van der Waals surface area contributed by atoms with Crippen molar-refractivity contribution in [2.75, 3.05) is 0 Å². The molecule has 26 heavy (non-hydrogen) atoms. The van der Waals surface area contributed by atoms with Crippen molar-refractivity contribution in [2.45, 2.75) is 17.8 Å². The molecule has 4 aromatic rings. The summed E-state index contributed by atoms with van der Waals surface area (Å²) in [6.07, 6.45) is 1.86. The molecular formula is C20H16BrN3OS. The normalized spacial score (nSPS) is 11.0. The van der Waals surface area contributed by atoms with Gasteiger partial charge >= 0.3 is 0 Å². The summed E-state index contributed by atoms with van der Waals surface area (Å²) < 4.78 is 6.88. The van der Waals surface area contributed by atoms with Crippen LogP contribution in [-0.4, -0.2) is 15.0 Å². The summed E-state index contributed by atoms with van der Waals surface area (Å²) >= 11 is 5.07. The fourth-order valence-electron chi connectivity index (χ4n) is 2.56. The molecule has 0 unspecified atom stereocenters. The average Bonchev–Trinajstić information content (AvgIpc) is 3.28. The lowest BCUT2D eigenvalue weighted by atomic mass is 10.2. The van der Waals surface area contributed by atoms with E-state index in [1.54, 1.807) is 11.8 Å². The molecule has 0 aliphatic carbocycles. The zero-order valence-electron chi connectivity index (χ0n) is 14.1. The number of hydrogen-bond acceptors (Lipinski definition) is 4. The van der Waals surface area contributed by atoms with Gasteiger partial charge in [0, 0.05) is 15.8 Å². The molecule has 6 heteroatoms. The zero-order chi connectivity index (χ0) is 17.9. The first-order valence-electron chi connectivity index (χ1n) is 8.14. The Morgan fingerprint density at radius 3 is 2.58 bits per heavy atom. The van der Waals surface area contributed by atoms with Gasteiger partial charge in [-0.2, -0.15) is 0 Å². The van der Waals surface area contributed by atoms with Crippen LogP contribution in [0.1, 0.15) is 11.5 Å². The number of imidazole rings is 1. The van der Waals surface area contributed by atoms with Gasteiger partial charge < -0.3 is 9.40 Å². The number of benzene rings is 2. The number of nitrogens with zero attached hydrogens (tertiary/aromatic N) is 2. The number of aromatic amines is 1.